The highest BCUT2D eigenvalue weighted by Crippen LogP contribution is 2.75. The zero-order valence-corrected chi connectivity index (χ0v) is 21.7. The first-order valence-corrected chi connectivity index (χ1v) is 14.4. The number of fused-ring (bicyclic) bond motifs is 10. The molecule has 3 heterocycles. The summed E-state index contributed by atoms with van der Waals surface area (Å²) in [5, 5.41) is 10.4. The number of ether oxygens (including phenoxy) is 3. The summed E-state index contributed by atoms with van der Waals surface area (Å²) in [7, 11) is 0. The van der Waals surface area contributed by atoms with E-state index in [1.807, 2.05) is 0 Å². The summed E-state index contributed by atoms with van der Waals surface area (Å²) in [6, 6.07) is 0. The van der Waals surface area contributed by atoms with Crippen molar-refractivity contribution in [2.24, 2.45) is 52.3 Å². The third-order valence-electron chi connectivity index (χ3n) is 12.1. The number of alkyl halides is 1. The van der Waals surface area contributed by atoms with Gasteiger partial charge in [-0.25, -0.2) is 0 Å². The molecule has 0 aromatic heterocycles. The first kappa shape index (κ1) is 21.6. The molecule has 4 saturated carbocycles. The van der Waals surface area contributed by atoms with Crippen LogP contribution in [0.4, 0.5) is 0 Å². The molecule has 180 valence electrons. The molecule has 15 atom stereocenters. The van der Waals surface area contributed by atoms with Gasteiger partial charge in [-0.2, -0.15) is 0 Å². The molecule has 1 unspecified atom stereocenters. The number of hydrogen-bond donors (Lipinski definition) is 1. The zero-order chi connectivity index (χ0) is 22.2. The minimum atomic E-state index is -0.458. The molecule has 7 fully saturated rings. The quantitative estimate of drug-likeness (QED) is 0.362. The van der Waals surface area contributed by atoms with Gasteiger partial charge >= 0.3 is 0 Å². The lowest BCUT2D eigenvalue weighted by Crippen LogP contribution is -2.59. The van der Waals surface area contributed by atoms with Gasteiger partial charge in [0, 0.05) is 17.3 Å². The molecule has 0 aromatic rings. The molecule has 0 amide bonds. The van der Waals surface area contributed by atoms with Crippen LogP contribution in [0.2, 0.25) is 0 Å². The highest BCUT2D eigenvalue weighted by atomic mass is 79.9. The summed E-state index contributed by atoms with van der Waals surface area (Å²) in [5.41, 5.74) is 0.549. The fourth-order valence-corrected chi connectivity index (χ4v) is 12.0. The Balaban J connectivity index is 1.21. The molecule has 1 N–H and O–H groups in total. The van der Waals surface area contributed by atoms with Crippen molar-refractivity contribution in [3.8, 4) is 0 Å². The van der Waals surface area contributed by atoms with Gasteiger partial charge in [0.15, 0.2) is 5.79 Å². The van der Waals surface area contributed by atoms with Gasteiger partial charge in [-0.15, -0.1) is 0 Å². The van der Waals surface area contributed by atoms with Crippen LogP contribution in [0.15, 0.2) is 0 Å². The van der Waals surface area contributed by atoms with Gasteiger partial charge in [-0.1, -0.05) is 43.6 Å². The summed E-state index contributed by atoms with van der Waals surface area (Å²) in [6.45, 7) is 10.6. The van der Waals surface area contributed by atoms with Crippen LogP contribution in [0.25, 0.3) is 0 Å². The third kappa shape index (κ3) is 2.49. The van der Waals surface area contributed by atoms with E-state index in [0.717, 1.165) is 31.8 Å². The second-order valence-corrected chi connectivity index (χ2v) is 14.5. The van der Waals surface area contributed by atoms with Crippen LogP contribution in [0.5, 0.6) is 0 Å². The largest absolute Gasteiger partial charge is 0.393 e. The van der Waals surface area contributed by atoms with E-state index in [2.05, 4.69) is 43.6 Å². The number of halogens is 1. The minimum absolute atomic E-state index is 0.0823. The Labute approximate surface area is 201 Å². The van der Waals surface area contributed by atoms with E-state index < -0.39 is 5.79 Å². The normalized spacial score (nSPS) is 67.3. The van der Waals surface area contributed by atoms with Crippen molar-refractivity contribution in [2.75, 3.05) is 6.61 Å². The van der Waals surface area contributed by atoms with Gasteiger partial charge in [0.05, 0.1) is 35.8 Å². The van der Waals surface area contributed by atoms with Crippen molar-refractivity contribution < 1.29 is 19.3 Å². The molecule has 5 heteroatoms. The molecule has 7 aliphatic rings. The van der Waals surface area contributed by atoms with Crippen LogP contribution in [0.1, 0.15) is 72.6 Å². The number of rotatable bonds is 0. The van der Waals surface area contributed by atoms with Gasteiger partial charge in [0.2, 0.25) is 0 Å². The summed E-state index contributed by atoms with van der Waals surface area (Å²) < 4.78 is 20.2. The Morgan fingerprint density at radius 3 is 2.59 bits per heavy atom. The molecule has 3 aliphatic heterocycles. The van der Waals surface area contributed by atoms with Gasteiger partial charge in [0.1, 0.15) is 0 Å². The molecule has 32 heavy (non-hydrogen) atoms. The maximum absolute atomic E-state index is 10.4. The second-order valence-electron chi connectivity index (χ2n) is 13.4. The Kier molecular flexibility index (Phi) is 4.55. The fraction of sp³-hybridized carbons (Fsp3) is 1.00. The van der Waals surface area contributed by atoms with Gasteiger partial charge in [-0.05, 0) is 80.0 Å². The lowest BCUT2D eigenvalue weighted by Gasteiger charge is -2.59. The van der Waals surface area contributed by atoms with Crippen molar-refractivity contribution in [3.63, 3.8) is 0 Å². The zero-order valence-electron chi connectivity index (χ0n) is 20.1. The molecule has 7 rings (SSSR count). The summed E-state index contributed by atoms with van der Waals surface area (Å²) in [4.78, 5) is 0.275. The number of aliphatic hydroxyl groups excluding tert-OH is 1. The van der Waals surface area contributed by atoms with Gasteiger partial charge in [-0.3, -0.25) is 0 Å². The van der Waals surface area contributed by atoms with Crippen LogP contribution < -0.4 is 0 Å². The van der Waals surface area contributed by atoms with Crippen LogP contribution in [0.3, 0.4) is 0 Å². The smallest absolute Gasteiger partial charge is 0.184 e. The van der Waals surface area contributed by atoms with E-state index in [0.29, 0.717) is 59.2 Å². The lowest BCUT2D eigenvalue weighted by atomic mass is 9.44. The molecular formula is C27H41BrO4. The fourth-order valence-electron chi connectivity index (χ4n) is 10.7. The molecule has 4 nitrogen and oxygen atoms in total. The van der Waals surface area contributed by atoms with E-state index in [1.165, 1.54) is 25.7 Å². The predicted molar refractivity (Wildman–Crippen MR) is 125 cm³/mol. The molecule has 0 bridgehead atoms. The van der Waals surface area contributed by atoms with Gasteiger partial charge in [0.25, 0.3) is 0 Å². The summed E-state index contributed by atoms with van der Waals surface area (Å²) >= 11 is 4.00. The third-order valence-corrected chi connectivity index (χ3v) is 13.2. The van der Waals surface area contributed by atoms with E-state index in [1.54, 1.807) is 0 Å². The van der Waals surface area contributed by atoms with Crippen molar-refractivity contribution in [2.45, 2.75) is 108 Å². The standard InChI is InChI=1S/C27H41BrO4/c1-13-9-20(28)27(30-12-13)14(2)21-19(32-27)11-18-17-6-5-15-10-16(29)7-8-25(15,3)22(17)23-24(31-23)26(18,21)4/h13-24,29H,5-12H2,1-4H3/t13-,14+,15+,16+,17+,18+,19+,20?,21+,22-,23+,24+,25+,26+,27+/m1/s1. The molecule has 1 spiro atoms. The highest BCUT2D eigenvalue weighted by molar-refractivity contribution is 9.09. The SMILES string of the molecule is C[C@H]1CO[C@@]2(O[C@H]3C[C@H]4[C@@H]5CC[C@H]6C[C@@H](O)CC[C@]6(C)[C@H]5[C@@H]5O[C@@H]5[C@]4(C)[C@H]3[C@@H]2C)C(Br)C1. The average Bonchev–Trinajstić information content (AvgIpc) is 3.41. The topological polar surface area (TPSA) is 51.2 Å². The maximum Gasteiger partial charge on any atom is 0.184 e. The Morgan fingerprint density at radius 2 is 1.81 bits per heavy atom. The first-order valence-electron chi connectivity index (χ1n) is 13.5. The molecule has 3 saturated heterocycles. The van der Waals surface area contributed by atoms with Crippen molar-refractivity contribution in [1.82, 2.24) is 0 Å². The van der Waals surface area contributed by atoms with Crippen LogP contribution in [-0.2, 0) is 14.2 Å². The van der Waals surface area contributed by atoms with Crippen LogP contribution >= 0.6 is 15.9 Å². The Hall–Kier alpha value is 0.320. The summed E-state index contributed by atoms with van der Waals surface area (Å²) in [5.74, 6) is 3.84. The number of hydrogen-bond acceptors (Lipinski definition) is 4. The molecule has 0 radical (unpaired) electrons. The predicted octanol–water partition coefficient (Wildman–Crippen LogP) is 5.15. The highest BCUT2D eigenvalue weighted by Gasteiger charge is 2.78. The average molecular weight is 510 g/mol. The second kappa shape index (κ2) is 6.75. The van der Waals surface area contributed by atoms with E-state index >= 15 is 0 Å². The van der Waals surface area contributed by atoms with Crippen LogP contribution in [0, 0.1) is 52.3 Å². The molecule has 0 aromatic carbocycles. The van der Waals surface area contributed by atoms with Crippen molar-refractivity contribution in [3.05, 3.63) is 0 Å². The van der Waals surface area contributed by atoms with Crippen molar-refractivity contribution in [1.29, 1.82) is 0 Å². The van der Waals surface area contributed by atoms with Gasteiger partial charge < -0.3 is 19.3 Å². The minimum Gasteiger partial charge on any atom is -0.393 e. The maximum atomic E-state index is 10.4. The van der Waals surface area contributed by atoms with E-state index in [4.69, 9.17) is 14.2 Å². The van der Waals surface area contributed by atoms with E-state index in [-0.39, 0.29) is 16.3 Å². The number of epoxide rings is 1. The Bertz CT molecular complexity index is 807. The number of aliphatic hydroxyl groups is 1. The van der Waals surface area contributed by atoms with Crippen molar-refractivity contribution >= 4 is 15.9 Å². The van der Waals surface area contributed by atoms with E-state index in [9.17, 15) is 5.11 Å². The Morgan fingerprint density at radius 1 is 1.00 bits per heavy atom. The van der Waals surface area contributed by atoms with Crippen LogP contribution in [-0.4, -0.2) is 46.7 Å². The molecule has 4 aliphatic carbocycles. The summed E-state index contributed by atoms with van der Waals surface area (Å²) in [6.07, 6.45) is 9.12. The monoisotopic (exact) mass is 508 g/mol. The first-order chi connectivity index (χ1) is 15.2. The lowest BCUT2D eigenvalue weighted by molar-refractivity contribution is -0.267. The molecular weight excluding hydrogens is 468 g/mol.